The van der Waals surface area contributed by atoms with Crippen LogP contribution in [0.2, 0.25) is 0 Å². The van der Waals surface area contributed by atoms with Gasteiger partial charge in [0, 0.05) is 0 Å². The Hall–Kier alpha value is -1.00. The summed E-state index contributed by atoms with van der Waals surface area (Å²) in [4.78, 5) is 22.4. The molecule has 2 N–H and O–H groups in total. The van der Waals surface area contributed by atoms with Gasteiger partial charge < -0.3 is 10.5 Å². The molecule has 1 rings (SSSR count). The highest BCUT2D eigenvalue weighted by Crippen LogP contribution is 2.26. The fourth-order valence-corrected chi connectivity index (χ4v) is 1.26. The van der Waals surface area contributed by atoms with Crippen molar-refractivity contribution in [3.63, 3.8) is 0 Å². The van der Waals surface area contributed by atoms with E-state index in [0.29, 0.717) is 0 Å². The maximum Gasteiger partial charge on any atom is 0.242 e. The Morgan fingerprint density at radius 1 is 1.15 bits per heavy atom. The van der Waals surface area contributed by atoms with Crippen LogP contribution in [0.1, 0.15) is 0 Å². The fourth-order valence-electron chi connectivity index (χ4n) is 0.825. The molecule has 0 aromatic heterocycles. The molecule has 0 amide bonds. The molecular weight excluding hydrogens is 217 g/mol. The van der Waals surface area contributed by atoms with Crippen molar-refractivity contribution in [2.75, 3.05) is 7.11 Å². The third-order valence-corrected chi connectivity index (χ3v) is 2.21. The summed E-state index contributed by atoms with van der Waals surface area (Å²) >= 11 is 11.0. The Morgan fingerprint density at radius 2 is 1.69 bits per heavy atom. The van der Waals surface area contributed by atoms with Crippen molar-refractivity contribution in [1.29, 1.82) is 0 Å². The predicted octanol–water partition coefficient (Wildman–Crippen LogP) is 0.644. The van der Waals surface area contributed by atoms with Gasteiger partial charge in [-0.2, -0.15) is 0 Å². The van der Waals surface area contributed by atoms with E-state index in [0.717, 1.165) is 0 Å². The zero-order chi connectivity index (χ0) is 10.2. The normalized spacial score (nSPS) is 18.4. The van der Waals surface area contributed by atoms with Crippen molar-refractivity contribution in [3.8, 4) is 0 Å². The van der Waals surface area contributed by atoms with E-state index in [2.05, 4.69) is 4.74 Å². The van der Waals surface area contributed by atoms with Gasteiger partial charge in [0.1, 0.15) is 15.8 Å². The smallest absolute Gasteiger partial charge is 0.242 e. The molecule has 1 aliphatic rings. The van der Waals surface area contributed by atoms with E-state index in [1.165, 1.54) is 7.11 Å². The minimum atomic E-state index is -0.692. The summed E-state index contributed by atoms with van der Waals surface area (Å²) in [6.07, 6.45) is 0. The van der Waals surface area contributed by atoms with Gasteiger partial charge >= 0.3 is 0 Å². The van der Waals surface area contributed by atoms with Crippen LogP contribution in [-0.4, -0.2) is 18.7 Å². The summed E-state index contributed by atoms with van der Waals surface area (Å²) in [6.45, 7) is 0. The Morgan fingerprint density at radius 3 is 2.15 bits per heavy atom. The molecule has 0 bridgehead atoms. The number of ether oxygens (including phenoxy) is 1. The Bertz CT molecular complexity index is 357. The molecule has 0 heterocycles. The standard InChI is InChI=1S/C7H5Cl2NO3/c1-13-7-3(9)5(11)4(10)2(8)6(7)12/h10H2,1H3. The molecule has 0 saturated carbocycles. The third-order valence-electron chi connectivity index (χ3n) is 1.49. The molecule has 0 atom stereocenters. The van der Waals surface area contributed by atoms with E-state index in [-0.39, 0.29) is 21.5 Å². The van der Waals surface area contributed by atoms with Crippen LogP contribution in [0.25, 0.3) is 0 Å². The number of ketones is 2. The SMILES string of the molecule is COC1=C(Cl)C(=O)C(N)=C(Cl)C1=O. The second-order valence-electron chi connectivity index (χ2n) is 2.23. The largest absolute Gasteiger partial charge is 0.491 e. The number of carbonyl (C=O) groups is 2. The van der Waals surface area contributed by atoms with E-state index < -0.39 is 11.6 Å². The van der Waals surface area contributed by atoms with Crippen molar-refractivity contribution in [1.82, 2.24) is 0 Å². The van der Waals surface area contributed by atoms with Gasteiger partial charge in [-0.3, -0.25) is 9.59 Å². The first kappa shape index (κ1) is 10.1. The van der Waals surface area contributed by atoms with Gasteiger partial charge in [0.05, 0.1) is 7.11 Å². The summed E-state index contributed by atoms with van der Waals surface area (Å²) < 4.78 is 4.61. The van der Waals surface area contributed by atoms with Crippen molar-refractivity contribution >= 4 is 34.8 Å². The first-order valence-electron chi connectivity index (χ1n) is 3.19. The Balaban J connectivity index is 3.29. The average molecular weight is 222 g/mol. The summed E-state index contributed by atoms with van der Waals surface area (Å²) in [5.41, 5.74) is 4.87. The van der Waals surface area contributed by atoms with E-state index in [9.17, 15) is 9.59 Å². The molecule has 1 aliphatic carbocycles. The third kappa shape index (κ3) is 1.43. The van der Waals surface area contributed by atoms with Gasteiger partial charge in [-0.15, -0.1) is 0 Å². The lowest BCUT2D eigenvalue weighted by Gasteiger charge is -2.13. The number of carbonyl (C=O) groups excluding carboxylic acids is 2. The van der Waals surface area contributed by atoms with Crippen molar-refractivity contribution in [2.24, 2.45) is 5.73 Å². The maximum absolute atomic E-state index is 11.2. The molecule has 0 saturated heterocycles. The second kappa shape index (κ2) is 3.40. The monoisotopic (exact) mass is 221 g/mol. The molecule has 6 heteroatoms. The molecule has 0 radical (unpaired) electrons. The summed E-state index contributed by atoms with van der Waals surface area (Å²) in [5.74, 6) is -1.64. The quantitative estimate of drug-likeness (QED) is 0.661. The highest BCUT2D eigenvalue weighted by atomic mass is 35.5. The lowest BCUT2D eigenvalue weighted by Crippen LogP contribution is -2.25. The van der Waals surface area contributed by atoms with Gasteiger partial charge in [0.2, 0.25) is 11.6 Å². The van der Waals surface area contributed by atoms with Crippen LogP contribution in [-0.2, 0) is 14.3 Å². The van der Waals surface area contributed by atoms with Crippen molar-refractivity contribution < 1.29 is 14.3 Å². The van der Waals surface area contributed by atoms with Crippen molar-refractivity contribution in [3.05, 3.63) is 21.5 Å². The highest BCUT2D eigenvalue weighted by Gasteiger charge is 2.32. The topological polar surface area (TPSA) is 69.4 Å². The minimum Gasteiger partial charge on any atom is -0.491 e. The van der Waals surface area contributed by atoms with Gasteiger partial charge in [0.25, 0.3) is 0 Å². The lowest BCUT2D eigenvalue weighted by atomic mass is 10.1. The predicted molar refractivity (Wildman–Crippen MR) is 47.0 cm³/mol. The van der Waals surface area contributed by atoms with Gasteiger partial charge in [0.15, 0.2) is 5.76 Å². The number of methoxy groups -OCH3 is 1. The van der Waals surface area contributed by atoms with E-state index in [1.54, 1.807) is 0 Å². The summed E-state index contributed by atoms with van der Waals surface area (Å²) in [5, 5.41) is -0.694. The number of Topliss-reactive ketones (excluding diaryl/α,β-unsaturated/α-hetero) is 2. The molecule has 0 aromatic carbocycles. The van der Waals surface area contributed by atoms with Crippen LogP contribution >= 0.6 is 23.2 Å². The molecule has 0 unspecified atom stereocenters. The highest BCUT2D eigenvalue weighted by molar-refractivity contribution is 6.55. The molecule has 0 aromatic rings. The number of allylic oxidation sites excluding steroid dienone is 2. The van der Waals surface area contributed by atoms with Crippen LogP contribution in [0.3, 0.4) is 0 Å². The average Bonchev–Trinajstić information content (AvgIpc) is 2.13. The molecule has 13 heavy (non-hydrogen) atoms. The first-order chi connectivity index (χ1) is 6.00. The number of hydrogen-bond acceptors (Lipinski definition) is 4. The van der Waals surface area contributed by atoms with Crippen molar-refractivity contribution in [2.45, 2.75) is 0 Å². The number of hydrogen-bond donors (Lipinski definition) is 1. The second-order valence-corrected chi connectivity index (χ2v) is 2.99. The molecule has 0 aliphatic heterocycles. The Kier molecular flexibility index (Phi) is 2.63. The molecule has 0 fully saturated rings. The zero-order valence-corrected chi connectivity index (χ0v) is 8.07. The lowest BCUT2D eigenvalue weighted by molar-refractivity contribution is -0.117. The fraction of sp³-hybridized carbons (Fsp3) is 0.143. The Labute approximate surface area is 83.9 Å². The van der Waals surface area contributed by atoms with Gasteiger partial charge in [-0.25, -0.2) is 0 Å². The first-order valence-corrected chi connectivity index (χ1v) is 3.94. The molecular formula is C7H5Cl2NO3. The van der Waals surface area contributed by atoms with Crippen LogP contribution in [0.5, 0.6) is 0 Å². The zero-order valence-electron chi connectivity index (χ0n) is 6.56. The maximum atomic E-state index is 11.2. The molecule has 70 valence electrons. The number of halogens is 2. The minimum absolute atomic E-state index is 0.272. The van der Waals surface area contributed by atoms with E-state index >= 15 is 0 Å². The van der Waals surface area contributed by atoms with Gasteiger partial charge in [-0.05, 0) is 0 Å². The van der Waals surface area contributed by atoms with E-state index in [4.69, 9.17) is 28.9 Å². The number of rotatable bonds is 1. The van der Waals surface area contributed by atoms with Crippen LogP contribution in [0.4, 0.5) is 0 Å². The van der Waals surface area contributed by atoms with Crippen LogP contribution in [0.15, 0.2) is 21.5 Å². The van der Waals surface area contributed by atoms with Crippen LogP contribution < -0.4 is 5.73 Å². The summed E-state index contributed by atoms with van der Waals surface area (Å²) in [6, 6.07) is 0. The number of nitrogens with two attached hydrogens (primary N) is 1. The molecule has 0 spiro atoms. The van der Waals surface area contributed by atoms with Gasteiger partial charge in [-0.1, -0.05) is 23.2 Å². The molecule has 4 nitrogen and oxygen atoms in total. The summed E-state index contributed by atoms with van der Waals surface area (Å²) in [7, 11) is 1.22. The van der Waals surface area contributed by atoms with E-state index in [1.807, 2.05) is 0 Å². The van der Waals surface area contributed by atoms with Crippen LogP contribution in [0, 0.1) is 0 Å².